The van der Waals surface area contributed by atoms with Crippen LogP contribution in [0.3, 0.4) is 0 Å². The molecule has 0 heteroatoms. The zero-order chi connectivity index (χ0) is 15.3. The van der Waals surface area contributed by atoms with E-state index in [1.165, 1.54) is 19.3 Å². The van der Waals surface area contributed by atoms with Crippen molar-refractivity contribution in [3.63, 3.8) is 0 Å². The van der Waals surface area contributed by atoms with Crippen LogP contribution in [0.2, 0.25) is 0 Å². The number of hydrogen-bond donors (Lipinski definition) is 0. The maximum Gasteiger partial charge on any atom is -0.00954 e. The summed E-state index contributed by atoms with van der Waals surface area (Å²) < 4.78 is 0. The molecule has 4 rings (SSSR count). The normalized spacial score (nSPS) is 46.0. The first kappa shape index (κ1) is 14.5. The van der Waals surface area contributed by atoms with E-state index < -0.39 is 0 Å². The van der Waals surface area contributed by atoms with Crippen molar-refractivity contribution in [2.75, 3.05) is 0 Å². The molecule has 0 radical (unpaired) electrons. The monoisotopic (exact) mass is 294 g/mol. The third kappa shape index (κ3) is 2.10. The summed E-state index contributed by atoms with van der Waals surface area (Å²) in [6.07, 6.45) is 23.5. The number of allylic oxidation sites excluding steroid dienone is 8. The van der Waals surface area contributed by atoms with Gasteiger partial charge in [-0.25, -0.2) is 0 Å². The summed E-state index contributed by atoms with van der Waals surface area (Å²) >= 11 is 0. The second-order valence-corrected chi connectivity index (χ2v) is 8.81. The molecule has 0 aromatic rings. The molecule has 6 unspecified atom stereocenters. The minimum absolute atomic E-state index is 0.443. The van der Waals surface area contributed by atoms with Gasteiger partial charge in [0.1, 0.15) is 0 Å². The van der Waals surface area contributed by atoms with Gasteiger partial charge in [-0.2, -0.15) is 0 Å². The second kappa shape index (κ2) is 5.25. The van der Waals surface area contributed by atoms with E-state index in [-0.39, 0.29) is 0 Å². The van der Waals surface area contributed by atoms with Crippen LogP contribution in [0.25, 0.3) is 0 Å². The van der Waals surface area contributed by atoms with Crippen LogP contribution in [0.5, 0.6) is 0 Å². The van der Waals surface area contributed by atoms with Crippen LogP contribution in [-0.4, -0.2) is 0 Å². The number of rotatable bonds is 2. The molecule has 0 N–H and O–H groups in total. The van der Waals surface area contributed by atoms with Crippen LogP contribution >= 0.6 is 0 Å². The fraction of sp³-hybridized carbons (Fsp3) is 0.636. The molecule has 6 atom stereocenters. The molecule has 0 bridgehead atoms. The van der Waals surface area contributed by atoms with Gasteiger partial charge in [0.05, 0.1) is 0 Å². The Labute approximate surface area is 136 Å². The highest BCUT2D eigenvalue weighted by atomic mass is 14.6. The Kier molecular flexibility index (Phi) is 3.47. The van der Waals surface area contributed by atoms with Gasteiger partial charge in [0.2, 0.25) is 0 Å². The molecule has 0 nitrogen and oxygen atoms in total. The Balaban J connectivity index is 1.70. The van der Waals surface area contributed by atoms with Crippen molar-refractivity contribution in [2.24, 2.45) is 46.8 Å². The Morgan fingerprint density at radius 3 is 1.68 bits per heavy atom. The van der Waals surface area contributed by atoms with E-state index in [0.717, 1.165) is 41.4 Å². The summed E-state index contributed by atoms with van der Waals surface area (Å²) in [5, 5.41) is 0. The van der Waals surface area contributed by atoms with Gasteiger partial charge in [0.15, 0.2) is 0 Å². The maximum absolute atomic E-state index is 2.58. The van der Waals surface area contributed by atoms with Crippen LogP contribution in [-0.2, 0) is 0 Å². The van der Waals surface area contributed by atoms with Crippen molar-refractivity contribution in [1.82, 2.24) is 0 Å². The Morgan fingerprint density at radius 2 is 1.23 bits per heavy atom. The first-order valence-electron chi connectivity index (χ1n) is 9.29. The van der Waals surface area contributed by atoms with E-state index in [1.54, 1.807) is 0 Å². The molecule has 0 heterocycles. The fourth-order valence-electron chi connectivity index (χ4n) is 6.17. The maximum atomic E-state index is 2.58. The lowest BCUT2D eigenvalue weighted by atomic mass is 9.61. The molecule has 0 spiro atoms. The van der Waals surface area contributed by atoms with E-state index in [2.05, 4.69) is 69.4 Å². The van der Waals surface area contributed by atoms with Gasteiger partial charge in [0, 0.05) is 0 Å². The summed E-state index contributed by atoms with van der Waals surface area (Å²) in [5.41, 5.74) is 0.443. The molecule has 0 aliphatic heterocycles. The SMILES string of the molecule is CC1CCC(C(C)(C)C2C3C=CC=CC3C3C=CC=CC32)C1. The van der Waals surface area contributed by atoms with Crippen LogP contribution < -0.4 is 0 Å². The van der Waals surface area contributed by atoms with E-state index in [0.29, 0.717) is 5.41 Å². The van der Waals surface area contributed by atoms with Crippen LogP contribution in [0, 0.1) is 46.8 Å². The number of hydrogen-bond acceptors (Lipinski definition) is 0. The zero-order valence-electron chi connectivity index (χ0n) is 14.3. The molecular formula is C22H30. The Bertz CT molecular complexity index is 510. The molecule has 0 amide bonds. The molecule has 2 fully saturated rings. The van der Waals surface area contributed by atoms with Crippen molar-refractivity contribution in [3.05, 3.63) is 48.6 Å². The standard InChI is InChI=1S/C22H30/c1-15-12-13-16(14-15)22(2,3)21-19-10-6-4-8-17(19)18-9-5-7-11-20(18)21/h4-11,15-21H,12-14H2,1-3H3. The predicted molar refractivity (Wildman–Crippen MR) is 94.3 cm³/mol. The molecule has 0 aromatic carbocycles. The third-order valence-corrected chi connectivity index (χ3v) is 7.32. The van der Waals surface area contributed by atoms with Crippen molar-refractivity contribution < 1.29 is 0 Å². The molecule has 0 aromatic heterocycles. The average Bonchev–Trinajstić information content (AvgIpc) is 3.09. The molecule has 4 aliphatic rings. The van der Waals surface area contributed by atoms with Gasteiger partial charge >= 0.3 is 0 Å². The van der Waals surface area contributed by atoms with Crippen molar-refractivity contribution in [1.29, 1.82) is 0 Å². The molecule has 2 saturated carbocycles. The molecule has 118 valence electrons. The van der Waals surface area contributed by atoms with Gasteiger partial charge in [0.25, 0.3) is 0 Å². The summed E-state index contributed by atoms with van der Waals surface area (Å²) in [5.74, 6) is 5.54. The Morgan fingerprint density at radius 1 is 0.727 bits per heavy atom. The van der Waals surface area contributed by atoms with Crippen LogP contribution in [0.1, 0.15) is 40.0 Å². The highest BCUT2D eigenvalue weighted by Crippen LogP contribution is 2.60. The smallest absolute Gasteiger partial charge is 0.00954 e. The topological polar surface area (TPSA) is 0 Å². The number of fused-ring (bicyclic) bond motifs is 3. The van der Waals surface area contributed by atoms with Gasteiger partial charge in [-0.3, -0.25) is 0 Å². The van der Waals surface area contributed by atoms with Gasteiger partial charge in [-0.1, -0.05) is 75.8 Å². The van der Waals surface area contributed by atoms with E-state index in [9.17, 15) is 0 Å². The molecule has 22 heavy (non-hydrogen) atoms. The lowest BCUT2D eigenvalue weighted by Crippen LogP contribution is -2.37. The average molecular weight is 294 g/mol. The lowest BCUT2D eigenvalue weighted by molar-refractivity contribution is 0.0731. The molecule has 0 saturated heterocycles. The van der Waals surface area contributed by atoms with Gasteiger partial charge < -0.3 is 0 Å². The van der Waals surface area contributed by atoms with Crippen molar-refractivity contribution in [2.45, 2.75) is 40.0 Å². The lowest BCUT2D eigenvalue weighted by Gasteiger charge is -2.43. The first-order chi connectivity index (χ1) is 10.6. The van der Waals surface area contributed by atoms with E-state index in [1.807, 2.05) is 0 Å². The van der Waals surface area contributed by atoms with E-state index in [4.69, 9.17) is 0 Å². The first-order valence-corrected chi connectivity index (χ1v) is 9.29. The fourth-order valence-corrected chi connectivity index (χ4v) is 6.17. The largest absolute Gasteiger partial charge is 0.0805 e. The Hall–Kier alpha value is -1.04. The summed E-state index contributed by atoms with van der Waals surface area (Å²) in [4.78, 5) is 0. The zero-order valence-corrected chi connectivity index (χ0v) is 14.3. The van der Waals surface area contributed by atoms with Crippen molar-refractivity contribution in [3.8, 4) is 0 Å². The van der Waals surface area contributed by atoms with Crippen molar-refractivity contribution >= 4 is 0 Å². The molecular weight excluding hydrogens is 264 g/mol. The van der Waals surface area contributed by atoms with E-state index >= 15 is 0 Å². The summed E-state index contributed by atoms with van der Waals surface area (Å²) in [6.45, 7) is 7.61. The summed E-state index contributed by atoms with van der Waals surface area (Å²) in [7, 11) is 0. The minimum atomic E-state index is 0.443. The quantitative estimate of drug-likeness (QED) is 0.604. The highest BCUT2D eigenvalue weighted by molar-refractivity contribution is 5.29. The third-order valence-electron chi connectivity index (χ3n) is 7.32. The van der Waals surface area contributed by atoms with Crippen LogP contribution in [0.4, 0.5) is 0 Å². The highest BCUT2D eigenvalue weighted by Gasteiger charge is 2.54. The molecule has 4 aliphatic carbocycles. The van der Waals surface area contributed by atoms with Crippen LogP contribution in [0.15, 0.2) is 48.6 Å². The van der Waals surface area contributed by atoms with Gasteiger partial charge in [-0.05, 0) is 59.7 Å². The predicted octanol–water partition coefficient (Wildman–Crippen LogP) is 5.80. The van der Waals surface area contributed by atoms with Gasteiger partial charge in [-0.15, -0.1) is 0 Å². The summed E-state index contributed by atoms with van der Waals surface area (Å²) in [6, 6.07) is 0. The minimum Gasteiger partial charge on any atom is -0.0805 e. The second-order valence-electron chi connectivity index (χ2n) is 8.81.